The normalized spacial score (nSPS) is 15.6. The predicted molar refractivity (Wildman–Crippen MR) is 483 cm³/mol. The number of nitrogens with zero attached hydrogens (tertiary/aromatic N) is 4. The van der Waals surface area contributed by atoms with E-state index in [9.17, 15) is 27.4 Å². The topological polar surface area (TPSA) is 16.3 Å². The molecule has 0 aliphatic carbocycles. The molecule has 4 aromatic heterocycles. The predicted octanol–water partition coefficient (Wildman–Crippen LogP) is 28.9. The number of aromatic nitrogens is 2. The van der Waals surface area contributed by atoms with E-state index in [1.807, 2.05) is 131 Å². The Labute approximate surface area is 701 Å². The fraction of sp³-hybridized carbons (Fsp3) is 0.121. The van der Waals surface area contributed by atoms with Crippen molar-refractivity contribution < 1.29 is 27.4 Å². The van der Waals surface area contributed by atoms with Crippen LogP contribution in [-0.2, 0) is 16.2 Å². The molecule has 0 unspecified atom stereocenters. The van der Waals surface area contributed by atoms with E-state index < -0.39 is 136 Å². The summed E-state index contributed by atoms with van der Waals surface area (Å²) in [5, 5.41) is 0.525. The maximum atomic E-state index is 12.1. The first-order chi connectivity index (χ1) is 63.3. The molecule has 0 saturated carbocycles. The van der Waals surface area contributed by atoms with Crippen LogP contribution in [0, 0.1) is 0 Å². The molecule has 21 rings (SSSR count). The number of hydrogen-bond donors (Lipinski definition) is 0. The summed E-state index contributed by atoms with van der Waals surface area (Å²) in [6, 6.07) is 60.9. The van der Waals surface area contributed by atoms with Crippen LogP contribution in [0.2, 0.25) is 0 Å². The summed E-state index contributed by atoms with van der Waals surface area (Å²) in [5.74, 6) is -1.55. The number of anilines is 6. The molecule has 6 heteroatoms. The van der Waals surface area contributed by atoms with Crippen LogP contribution >= 0.6 is 0 Å². The molecule has 6 heterocycles. The number of fused-ring (bicyclic) bond motifs is 14. The van der Waals surface area contributed by atoms with Gasteiger partial charge in [0.15, 0.2) is 0 Å². The van der Waals surface area contributed by atoms with Gasteiger partial charge in [0.1, 0.15) is 0 Å². The van der Waals surface area contributed by atoms with Crippen molar-refractivity contribution in [1.82, 2.24) is 9.13 Å². The number of rotatable bonds is 10. The molecule has 113 heavy (non-hydrogen) atoms. The van der Waals surface area contributed by atoms with E-state index in [4.69, 9.17) is 0 Å². The van der Waals surface area contributed by atoms with Crippen LogP contribution in [-0.4, -0.2) is 38.1 Å². The summed E-state index contributed by atoms with van der Waals surface area (Å²) < 4.78 is 213. The van der Waals surface area contributed by atoms with E-state index in [1.165, 1.54) is 9.13 Å². The van der Waals surface area contributed by atoms with Gasteiger partial charge in [0, 0.05) is 0 Å². The average Bonchev–Trinajstić information content (AvgIpc) is 1.57. The first kappa shape index (κ1) is 50.8. The number of benzene rings is 15. The molecular formula is C107H84N4Se2. The summed E-state index contributed by atoms with van der Waals surface area (Å²) in [4.78, 5) is 4.03. The van der Waals surface area contributed by atoms with Gasteiger partial charge < -0.3 is 0 Å². The van der Waals surface area contributed by atoms with Gasteiger partial charge >= 0.3 is 705 Å². The van der Waals surface area contributed by atoms with Gasteiger partial charge in [-0.15, -0.1) is 0 Å². The summed E-state index contributed by atoms with van der Waals surface area (Å²) in [7, 11) is 0. The summed E-state index contributed by atoms with van der Waals surface area (Å²) in [6.45, 7) is 19.1. The fourth-order valence-electron chi connectivity index (χ4n) is 16.6. The van der Waals surface area contributed by atoms with E-state index in [2.05, 4.69) is 98.7 Å². The van der Waals surface area contributed by atoms with Gasteiger partial charge in [-0.3, -0.25) is 0 Å². The van der Waals surface area contributed by atoms with Crippen LogP contribution in [0.3, 0.4) is 0 Å². The Kier molecular flexibility index (Phi) is 11.8. The van der Waals surface area contributed by atoms with Gasteiger partial charge in [-0.2, -0.15) is 0 Å². The second-order valence-corrected chi connectivity index (χ2v) is 36.6. The monoisotopic (exact) mass is 1600 g/mol. The molecule has 0 N–H and O–H groups in total. The van der Waals surface area contributed by atoms with Gasteiger partial charge in [-0.1, -0.05) is 0 Å². The Hall–Kier alpha value is -12.0. The Bertz CT molecular complexity index is 7710. The van der Waals surface area contributed by atoms with Crippen molar-refractivity contribution >= 4 is 124 Å². The van der Waals surface area contributed by atoms with Crippen molar-refractivity contribution in [2.24, 2.45) is 0 Å². The molecule has 2 aliphatic heterocycles. The van der Waals surface area contributed by atoms with E-state index in [0.29, 0.717) is 67.3 Å². The Balaban J connectivity index is 1.01. The Morgan fingerprint density at radius 1 is 0.301 bits per heavy atom. The number of hydrogen-bond acceptors (Lipinski definition) is 2. The fourth-order valence-corrected chi connectivity index (χ4v) is 21.4. The van der Waals surface area contributed by atoms with Crippen LogP contribution in [0.15, 0.2) is 339 Å². The van der Waals surface area contributed by atoms with Gasteiger partial charge in [0.05, 0.1) is 0 Å². The maximum absolute atomic E-state index is 12.1. The molecule has 0 spiro atoms. The third kappa shape index (κ3) is 11.3. The number of para-hydroxylation sites is 2. The summed E-state index contributed by atoms with van der Waals surface area (Å²) >= 11 is -2.36. The van der Waals surface area contributed by atoms with Crippen molar-refractivity contribution in [3.63, 3.8) is 0 Å². The molecule has 2 aliphatic rings. The quantitative estimate of drug-likeness (QED) is 0.127. The minimum atomic E-state index is -1.55. The van der Waals surface area contributed by atoms with Crippen LogP contribution in [0.4, 0.5) is 34.1 Å². The van der Waals surface area contributed by atoms with Crippen LogP contribution in [0.1, 0.15) is 129 Å². The van der Waals surface area contributed by atoms with E-state index in [-0.39, 0.29) is 142 Å². The average molecular weight is 1600 g/mol. The van der Waals surface area contributed by atoms with Gasteiger partial charge in [0.2, 0.25) is 0 Å². The molecule has 0 saturated heterocycles. The molecule has 0 atom stereocenters. The van der Waals surface area contributed by atoms with Crippen LogP contribution in [0.25, 0.3) is 139 Å². The van der Waals surface area contributed by atoms with Crippen molar-refractivity contribution in [2.75, 3.05) is 9.80 Å². The Morgan fingerprint density at radius 3 is 0.956 bits per heavy atom. The third-order valence-electron chi connectivity index (χ3n) is 22.3. The molecule has 544 valence electrons. The summed E-state index contributed by atoms with van der Waals surface area (Å²) in [5.41, 5.74) is 8.54. The Morgan fingerprint density at radius 2 is 0.619 bits per heavy atom. The van der Waals surface area contributed by atoms with Crippen LogP contribution < -0.4 is 9.80 Å². The minimum absolute atomic E-state index is 0.0258. The molecule has 0 amide bonds. The van der Waals surface area contributed by atoms with Crippen molar-refractivity contribution in [3.05, 3.63) is 373 Å². The standard InChI is InChI=1S/C107H84N4Se2/c1-105(2,3)74-58-83(68-36-20-12-21-37-68)101(84(59-74)69-38-22-13-23-39-69)110-91-64-77(108-89-46-30-28-44-79(89)98-87-56-72(66-32-16-10-17-33-66)48-54-95(87)112-103(98)108)50-52-81(91)97-82-53-51-78(109-90-47-31-29-45-80(90)99-88-57-73(67-34-18-11-19-35-67)49-55-96(88)113-104(99)109)65-92(82)111(94-63-76(107(7,8)9)62-93(110)100(94)97)102-85(70-40-24-14-25-41-70)60-75(106(4,5)6)61-86(102)71-42-26-15-27-43-71/h10-65,97H,1-9H3/i28D,29D,30D,31D,44D,45D,46D,47D,48D,49D,50D,51D,52D,53D,54D,55D,56D,57D,64D,65D. The molecule has 4 nitrogen and oxygen atoms in total. The second-order valence-electron chi connectivity index (χ2n) is 32.4. The van der Waals surface area contributed by atoms with Crippen molar-refractivity contribution in [1.29, 1.82) is 0 Å². The van der Waals surface area contributed by atoms with Crippen LogP contribution in [0.5, 0.6) is 0 Å². The third-order valence-corrected chi connectivity index (χ3v) is 26.9. The molecule has 15 aromatic carbocycles. The second kappa shape index (κ2) is 26.3. The first-order valence-electron chi connectivity index (χ1n) is 48.0. The molecule has 0 radical (unpaired) electrons. The van der Waals surface area contributed by atoms with Gasteiger partial charge in [-0.05, 0) is 0 Å². The van der Waals surface area contributed by atoms with E-state index in [1.54, 1.807) is 60.7 Å². The zero-order chi connectivity index (χ0) is 93.7. The zero-order valence-electron chi connectivity index (χ0n) is 83.5. The van der Waals surface area contributed by atoms with Crippen molar-refractivity contribution in [2.45, 2.75) is 84.5 Å². The summed E-state index contributed by atoms with van der Waals surface area (Å²) in [6.07, 6.45) is 0. The van der Waals surface area contributed by atoms with E-state index in [0.717, 1.165) is 33.4 Å². The van der Waals surface area contributed by atoms with Gasteiger partial charge in [-0.25, -0.2) is 0 Å². The molecule has 0 fully saturated rings. The van der Waals surface area contributed by atoms with E-state index >= 15 is 0 Å². The zero-order valence-corrected chi connectivity index (χ0v) is 66.9. The molecule has 19 aromatic rings. The first-order valence-corrected chi connectivity index (χ1v) is 41.5. The molecular weight excluding hydrogens is 1500 g/mol. The molecule has 0 bridgehead atoms. The van der Waals surface area contributed by atoms with Gasteiger partial charge in [0.25, 0.3) is 0 Å². The SMILES string of the molecule is [2H]c1c([2H])c(-n2c3[se]c4c([2H])c([2H])c(-c5ccccc5)c([2H])c4c3c3c([2H])c([2H])c([2H])c([2H])c32)c([2H])c2c1C1c3c(cc(C(C)(C)C)cc3N(c3c(-c4ccccc4)cc(C(C)(C)C)cc3-c3ccccc3)c3c([2H])c(-n4c5[se]c6c([2H])c([2H])c(-c7ccccc7)c([2H])c6c5c5c([2H])c([2H])c([2H])c([2H])c54)c([2H])c([2H])c31)N2c1c(-c2ccccc2)cc(C(C)(C)C)cc1-c1ccccc1. The van der Waals surface area contributed by atoms with Crippen molar-refractivity contribution in [3.8, 4) is 78.1 Å².